The van der Waals surface area contributed by atoms with Gasteiger partial charge in [0.15, 0.2) is 0 Å². The van der Waals surface area contributed by atoms with Crippen molar-refractivity contribution in [3.63, 3.8) is 0 Å². The number of hydrogen-bond acceptors (Lipinski definition) is 3. The van der Waals surface area contributed by atoms with Crippen LogP contribution in [-0.2, 0) is 11.2 Å². The molecule has 0 fully saturated rings. The van der Waals surface area contributed by atoms with Crippen LogP contribution in [0.4, 0.5) is 11.4 Å². The van der Waals surface area contributed by atoms with E-state index in [2.05, 4.69) is 5.32 Å². The van der Waals surface area contributed by atoms with Gasteiger partial charge in [-0.3, -0.25) is 4.79 Å². The first kappa shape index (κ1) is 13.8. The van der Waals surface area contributed by atoms with E-state index in [4.69, 9.17) is 22.1 Å². The average Bonchev–Trinajstić information content (AvgIpc) is 2.45. The number of rotatable bonds is 2. The third-order valence-corrected chi connectivity index (χ3v) is 3.82. The average molecular weight is 303 g/mol. The summed E-state index contributed by atoms with van der Waals surface area (Å²) in [4.78, 5) is 11.3. The predicted molar refractivity (Wildman–Crippen MR) is 84.1 cm³/mol. The molecule has 1 amide bonds. The molecule has 1 heterocycles. The van der Waals surface area contributed by atoms with Gasteiger partial charge in [0.1, 0.15) is 11.5 Å². The van der Waals surface area contributed by atoms with Gasteiger partial charge in [-0.05, 0) is 48.7 Å². The highest BCUT2D eigenvalue weighted by Gasteiger charge is 2.15. The molecule has 1 aliphatic heterocycles. The quantitative estimate of drug-likeness (QED) is 0.827. The zero-order valence-corrected chi connectivity index (χ0v) is 12.3. The fraction of sp³-hybridized carbons (Fsp3) is 0.188. The lowest BCUT2D eigenvalue weighted by atomic mass is 10.0. The molecule has 3 rings (SSSR count). The van der Waals surface area contributed by atoms with Crippen LogP contribution in [0, 0.1) is 6.92 Å². The van der Waals surface area contributed by atoms with Crippen LogP contribution in [0.25, 0.3) is 0 Å². The van der Waals surface area contributed by atoms with Crippen LogP contribution in [-0.4, -0.2) is 5.91 Å². The van der Waals surface area contributed by atoms with Gasteiger partial charge in [-0.1, -0.05) is 11.6 Å². The second kappa shape index (κ2) is 5.30. The van der Waals surface area contributed by atoms with Crippen LogP contribution in [0.5, 0.6) is 11.5 Å². The van der Waals surface area contributed by atoms with Crippen molar-refractivity contribution in [3.8, 4) is 11.5 Å². The van der Waals surface area contributed by atoms with Gasteiger partial charge < -0.3 is 15.8 Å². The molecule has 5 heteroatoms. The van der Waals surface area contributed by atoms with Crippen molar-refractivity contribution in [1.82, 2.24) is 0 Å². The first-order valence-electron chi connectivity index (χ1n) is 6.69. The minimum absolute atomic E-state index is 0.0531. The lowest BCUT2D eigenvalue weighted by molar-refractivity contribution is -0.116. The van der Waals surface area contributed by atoms with Gasteiger partial charge in [0.25, 0.3) is 0 Å². The van der Waals surface area contributed by atoms with E-state index in [9.17, 15) is 4.79 Å². The molecule has 3 N–H and O–H groups in total. The van der Waals surface area contributed by atoms with Crippen LogP contribution in [0.15, 0.2) is 30.3 Å². The number of amides is 1. The van der Waals surface area contributed by atoms with Gasteiger partial charge in [-0.2, -0.15) is 0 Å². The van der Waals surface area contributed by atoms with Crippen molar-refractivity contribution >= 4 is 28.9 Å². The smallest absolute Gasteiger partial charge is 0.224 e. The van der Waals surface area contributed by atoms with E-state index in [0.717, 1.165) is 23.2 Å². The first-order valence-corrected chi connectivity index (χ1v) is 7.07. The predicted octanol–water partition coefficient (Wildman–Crippen LogP) is 3.91. The summed E-state index contributed by atoms with van der Waals surface area (Å²) in [5, 5.41) is 3.32. The number of fused-ring (bicyclic) bond motifs is 1. The molecule has 21 heavy (non-hydrogen) atoms. The van der Waals surface area contributed by atoms with E-state index < -0.39 is 0 Å². The summed E-state index contributed by atoms with van der Waals surface area (Å²) in [6.07, 6.45) is 1.23. The van der Waals surface area contributed by atoms with Crippen molar-refractivity contribution in [1.29, 1.82) is 0 Å². The van der Waals surface area contributed by atoms with Gasteiger partial charge in [-0.15, -0.1) is 0 Å². The Morgan fingerprint density at radius 3 is 2.86 bits per heavy atom. The zero-order valence-electron chi connectivity index (χ0n) is 11.6. The summed E-state index contributed by atoms with van der Waals surface area (Å²) in [7, 11) is 0. The second-order valence-electron chi connectivity index (χ2n) is 5.11. The van der Waals surface area contributed by atoms with Crippen molar-refractivity contribution in [2.75, 3.05) is 11.1 Å². The fourth-order valence-corrected chi connectivity index (χ4v) is 2.50. The number of nitrogens with two attached hydrogens (primary N) is 1. The number of nitrogens with one attached hydrogen (secondary N) is 1. The Morgan fingerprint density at radius 1 is 1.24 bits per heavy atom. The molecule has 4 nitrogen and oxygen atoms in total. The van der Waals surface area contributed by atoms with E-state index in [1.165, 1.54) is 0 Å². The van der Waals surface area contributed by atoms with Crippen molar-refractivity contribution < 1.29 is 9.53 Å². The molecule has 2 aromatic carbocycles. The van der Waals surface area contributed by atoms with E-state index in [-0.39, 0.29) is 5.91 Å². The van der Waals surface area contributed by atoms with Crippen LogP contribution in [0.3, 0.4) is 0 Å². The molecular weight excluding hydrogens is 288 g/mol. The minimum Gasteiger partial charge on any atom is -0.457 e. The van der Waals surface area contributed by atoms with Gasteiger partial charge in [0.05, 0.1) is 10.7 Å². The molecule has 0 atom stereocenters. The second-order valence-corrected chi connectivity index (χ2v) is 5.52. The number of carbonyl (C=O) groups excluding carboxylic acids is 1. The molecule has 0 spiro atoms. The summed E-state index contributed by atoms with van der Waals surface area (Å²) in [5.41, 5.74) is 9.14. The maximum Gasteiger partial charge on any atom is 0.224 e. The first-order chi connectivity index (χ1) is 10.0. The number of halogens is 1. The Labute approximate surface area is 127 Å². The van der Waals surface area contributed by atoms with Gasteiger partial charge in [0.2, 0.25) is 5.91 Å². The summed E-state index contributed by atoms with van der Waals surface area (Å²) in [6, 6.07) is 9.13. The number of carbonyl (C=O) groups is 1. The Bertz CT molecular complexity index is 728. The minimum atomic E-state index is 0.0531. The SMILES string of the molecule is Cc1cc(N)c(Cl)cc1Oc1ccc2c(c1)CCC(=O)N2. The maximum absolute atomic E-state index is 11.3. The Morgan fingerprint density at radius 2 is 2.05 bits per heavy atom. The standard InChI is InChI=1S/C16H15ClN2O2/c1-9-6-13(18)12(17)8-15(9)21-11-3-4-14-10(7-11)2-5-16(20)19-14/h3-4,6-8H,2,5,18H2,1H3,(H,19,20). The third-order valence-electron chi connectivity index (χ3n) is 3.49. The lowest BCUT2D eigenvalue weighted by Gasteiger charge is -2.18. The van der Waals surface area contributed by atoms with Crippen molar-refractivity contribution in [2.24, 2.45) is 0 Å². The zero-order chi connectivity index (χ0) is 15.0. The van der Waals surface area contributed by atoms with Crippen molar-refractivity contribution in [2.45, 2.75) is 19.8 Å². The largest absolute Gasteiger partial charge is 0.457 e. The Hall–Kier alpha value is -2.20. The van der Waals surface area contributed by atoms with E-state index in [1.54, 1.807) is 12.1 Å². The normalized spacial score (nSPS) is 13.5. The molecular formula is C16H15ClN2O2. The molecule has 2 aromatic rings. The topological polar surface area (TPSA) is 64.3 Å². The molecule has 0 radical (unpaired) electrons. The third kappa shape index (κ3) is 2.81. The van der Waals surface area contributed by atoms with E-state index in [1.807, 2.05) is 25.1 Å². The van der Waals surface area contributed by atoms with Crippen LogP contribution in [0.1, 0.15) is 17.5 Å². The maximum atomic E-state index is 11.3. The highest BCUT2D eigenvalue weighted by molar-refractivity contribution is 6.33. The molecule has 108 valence electrons. The molecule has 0 unspecified atom stereocenters. The molecule has 0 aliphatic carbocycles. The van der Waals surface area contributed by atoms with Crippen LogP contribution < -0.4 is 15.8 Å². The number of nitrogen functional groups attached to an aromatic ring is 1. The number of benzene rings is 2. The molecule has 0 saturated heterocycles. The lowest BCUT2D eigenvalue weighted by Crippen LogP contribution is -2.18. The summed E-state index contributed by atoms with van der Waals surface area (Å²) in [6.45, 7) is 1.92. The molecule has 1 aliphatic rings. The fourth-order valence-electron chi connectivity index (χ4n) is 2.35. The van der Waals surface area contributed by atoms with Crippen molar-refractivity contribution in [3.05, 3.63) is 46.5 Å². The molecule has 0 aromatic heterocycles. The highest BCUT2D eigenvalue weighted by Crippen LogP contribution is 2.34. The summed E-state index contributed by atoms with van der Waals surface area (Å²) >= 11 is 6.03. The van der Waals surface area contributed by atoms with Crippen LogP contribution >= 0.6 is 11.6 Å². The van der Waals surface area contributed by atoms with E-state index in [0.29, 0.717) is 28.6 Å². The number of anilines is 2. The summed E-state index contributed by atoms with van der Waals surface area (Å²) in [5.74, 6) is 1.44. The summed E-state index contributed by atoms with van der Waals surface area (Å²) < 4.78 is 5.89. The molecule has 0 bridgehead atoms. The van der Waals surface area contributed by atoms with Crippen LogP contribution in [0.2, 0.25) is 5.02 Å². The number of aryl methyl sites for hydroxylation is 2. The molecule has 0 saturated carbocycles. The van der Waals surface area contributed by atoms with Gasteiger partial charge in [0, 0.05) is 18.2 Å². The van der Waals surface area contributed by atoms with Gasteiger partial charge in [-0.25, -0.2) is 0 Å². The Balaban J connectivity index is 1.89. The number of hydrogen-bond donors (Lipinski definition) is 2. The van der Waals surface area contributed by atoms with E-state index >= 15 is 0 Å². The van der Waals surface area contributed by atoms with Gasteiger partial charge >= 0.3 is 0 Å². The monoisotopic (exact) mass is 302 g/mol. The Kier molecular flexibility index (Phi) is 3.47. The number of ether oxygens (including phenoxy) is 1. The highest BCUT2D eigenvalue weighted by atomic mass is 35.5.